The monoisotopic (exact) mass is 395 g/mol. The molecule has 2 heterocycles. The van der Waals surface area contributed by atoms with E-state index in [1.807, 2.05) is 12.1 Å². The molecule has 1 aromatic rings. The summed E-state index contributed by atoms with van der Waals surface area (Å²) in [7, 11) is 0. The minimum Gasteiger partial charge on any atom is -0.481 e. The number of carbonyl (C=O) groups excluding carboxylic acids is 1. The van der Waals surface area contributed by atoms with Crippen molar-refractivity contribution in [2.75, 3.05) is 31.1 Å². The van der Waals surface area contributed by atoms with E-state index in [2.05, 4.69) is 38.3 Å². The van der Waals surface area contributed by atoms with E-state index in [1.165, 1.54) is 0 Å². The first-order valence-corrected chi connectivity index (χ1v) is 9.11. The molecule has 0 bridgehead atoms. The van der Waals surface area contributed by atoms with Crippen molar-refractivity contribution >= 4 is 33.6 Å². The average molecular weight is 396 g/mol. The molecule has 3 rings (SSSR count). The first kappa shape index (κ1) is 17.1. The number of urea groups is 1. The molecule has 2 saturated heterocycles. The number of nitrogens with zero attached hydrogens (tertiary/aromatic N) is 2. The number of anilines is 1. The Labute approximate surface area is 149 Å². The third-order valence-corrected chi connectivity index (χ3v) is 5.31. The van der Waals surface area contributed by atoms with E-state index in [9.17, 15) is 9.59 Å². The van der Waals surface area contributed by atoms with Crippen molar-refractivity contribution in [3.8, 4) is 0 Å². The molecule has 2 aliphatic heterocycles. The van der Waals surface area contributed by atoms with Crippen LogP contribution in [0.1, 0.15) is 19.3 Å². The van der Waals surface area contributed by atoms with Crippen LogP contribution in [-0.2, 0) is 4.79 Å². The summed E-state index contributed by atoms with van der Waals surface area (Å²) in [6.07, 6.45) is 2.00. The number of carboxylic acid groups (broad SMARTS) is 1. The summed E-state index contributed by atoms with van der Waals surface area (Å²) in [5, 5.41) is 12.1. The van der Waals surface area contributed by atoms with Crippen molar-refractivity contribution in [3.05, 3.63) is 28.7 Å². The molecule has 1 unspecified atom stereocenters. The number of nitrogens with one attached hydrogen (secondary N) is 1. The van der Waals surface area contributed by atoms with E-state index < -0.39 is 5.97 Å². The Morgan fingerprint density at radius 1 is 1.17 bits per heavy atom. The first-order chi connectivity index (χ1) is 11.5. The Hall–Kier alpha value is -1.76. The third-order valence-electron chi connectivity index (χ3n) is 4.82. The average Bonchev–Trinajstić information content (AvgIpc) is 3.03. The van der Waals surface area contributed by atoms with Crippen LogP contribution in [0.3, 0.4) is 0 Å². The molecule has 0 aliphatic carbocycles. The van der Waals surface area contributed by atoms with Crippen molar-refractivity contribution in [3.63, 3.8) is 0 Å². The van der Waals surface area contributed by atoms with Crippen molar-refractivity contribution in [2.45, 2.75) is 25.3 Å². The number of aliphatic carboxylic acids is 1. The number of likely N-dealkylation sites (tertiary alicyclic amines) is 1. The molecular weight excluding hydrogens is 374 g/mol. The fourth-order valence-electron chi connectivity index (χ4n) is 3.38. The fraction of sp³-hybridized carbons (Fsp3) is 0.529. The van der Waals surface area contributed by atoms with Crippen LogP contribution in [0.15, 0.2) is 28.7 Å². The SMILES string of the molecule is O=C(O)C1CCN(C(=O)NC2CCN(c3cccc(Br)c3)C2)CC1. The number of halogens is 1. The zero-order valence-corrected chi connectivity index (χ0v) is 15.0. The van der Waals surface area contributed by atoms with Crippen molar-refractivity contribution in [1.82, 2.24) is 10.2 Å². The molecule has 2 amide bonds. The van der Waals surface area contributed by atoms with Gasteiger partial charge >= 0.3 is 12.0 Å². The lowest BCUT2D eigenvalue weighted by Crippen LogP contribution is -2.49. The molecular formula is C17H22BrN3O3. The fourth-order valence-corrected chi connectivity index (χ4v) is 3.77. The molecule has 2 fully saturated rings. The van der Waals surface area contributed by atoms with Crippen LogP contribution in [-0.4, -0.2) is 54.2 Å². The highest BCUT2D eigenvalue weighted by molar-refractivity contribution is 9.10. The van der Waals surface area contributed by atoms with Crippen LogP contribution in [0.25, 0.3) is 0 Å². The molecule has 2 aliphatic rings. The quantitative estimate of drug-likeness (QED) is 0.824. The van der Waals surface area contributed by atoms with Crippen LogP contribution in [0, 0.1) is 5.92 Å². The number of hydrogen-bond donors (Lipinski definition) is 2. The van der Waals surface area contributed by atoms with E-state index in [0.29, 0.717) is 25.9 Å². The topological polar surface area (TPSA) is 72.9 Å². The predicted octanol–water partition coefficient (Wildman–Crippen LogP) is 2.53. The lowest BCUT2D eigenvalue weighted by molar-refractivity contribution is -0.143. The summed E-state index contributed by atoms with van der Waals surface area (Å²) >= 11 is 3.49. The molecule has 24 heavy (non-hydrogen) atoms. The summed E-state index contributed by atoms with van der Waals surface area (Å²) in [5.74, 6) is -1.07. The Kier molecular flexibility index (Phi) is 5.28. The summed E-state index contributed by atoms with van der Waals surface area (Å²) in [5.41, 5.74) is 1.16. The number of rotatable bonds is 3. The van der Waals surface area contributed by atoms with Gasteiger partial charge in [-0.1, -0.05) is 22.0 Å². The first-order valence-electron chi connectivity index (χ1n) is 8.31. The maximum atomic E-state index is 12.4. The smallest absolute Gasteiger partial charge is 0.317 e. The van der Waals surface area contributed by atoms with Crippen LogP contribution >= 0.6 is 15.9 Å². The van der Waals surface area contributed by atoms with Crippen molar-refractivity contribution in [2.24, 2.45) is 5.92 Å². The van der Waals surface area contributed by atoms with Gasteiger partial charge in [0.2, 0.25) is 0 Å². The third kappa shape index (κ3) is 4.01. The number of amides is 2. The van der Waals surface area contributed by atoms with E-state index in [1.54, 1.807) is 4.90 Å². The molecule has 0 radical (unpaired) electrons. The number of benzene rings is 1. The minimum absolute atomic E-state index is 0.0695. The highest BCUT2D eigenvalue weighted by Gasteiger charge is 2.29. The number of carboxylic acids is 1. The summed E-state index contributed by atoms with van der Waals surface area (Å²) in [6.45, 7) is 2.76. The molecule has 6 nitrogen and oxygen atoms in total. The number of carbonyl (C=O) groups is 2. The second-order valence-electron chi connectivity index (χ2n) is 6.46. The highest BCUT2D eigenvalue weighted by Crippen LogP contribution is 2.24. The standard InChI is InChI=1S/C17H22BrN3O3/c18-13-2-1-3-15(10-13)21-9-6-14(11-21)19-17(24)20-7-4-12(5-8-20)16(22)23/h1-3,10,12,14H,4-9,11H2,(H,19,24)(H,22,23). The lowest BCUT2D eigenvalue weighted by Gasteiger charge is -2.31. The van der Waals surface area contributed by atoms with Gasteiger partial charge < -0.3 is 20.2 Å². The highest BCUT2D eigenvalue weighted by atomic mass is 79.9. The molecule has 2 N–H and O–H groups in total. The van der Waals surface area contributed by atoms with Gasteiger partial charge in [-0.15, -0.1) is 0 Å². The Morgan fingerprint density at radius 3 is 2.58 bits per heavy atom. The van der Waals surface area contributed by atoms with Crippen LogP contribution in [0.4, 0.5) is 10.5 Å². The molecule has 1 aromatic carbocycles. The van der Waals surface area contributed by atoms with E-state index >= 15 is 0 Å². The van der Waals surface area contributed by atoms with E-state index in [0.717, 1.165) is 29.7 Å². The van der Waals surface area contributed by atoms with Crippen LogP contribution in [0.2, 0.25) is 0 Å². The van der Waals surface area contributed by atoms with Crippen LogP contribution in [0.5, 0.6) is 0 Å². The zero-order valence-electron chi connectivity index (χ0n) is 13.4. The normalized spacial score (nSPS) is 21.8. The Balaban J connectivity index is 1.49. The molecule has 1 atom stereocenters. The second kappa shape index (κ2) is 7.42. The summed E-state index contributed by atoms with van der Waals surface area (Å²) < 4.78 is 1.05. The number of hydrogen-bond acceptors (Lipinski definition) is 3. The van der Waals surface area contributed by atoms with Crippen molar-refractivity contribution < 1.29 is 14.7 Å². The Bertz CT molecular complexity index is 617. The van der Waals surface area contributed by atoms with Gasteiger partial charge in [-0.2, -0.15) is 0 Å². The maximum absolute atomic E-state index is 12.4. The van der Waals surface area contributed by atoms with Gasteiger partial charge in [-0.05, 0) is 37.5 Å². The molecule has 0 spiro atoms. The van der Waals surface area contributed by atoms with Gasteiger partial charge in [0.15, 0.2) is 0 Å². The predicted molar refractivity (Wildman–Crippen MR) is 95.2 cm³/mol. The summed E-state index contributed by atoms with van der Waals surface area (Å²) in [6, 6.07) is 8.23. The van der Waals surface area contributed by atoms with Crippen molar-refractivity contribution in [1.29, 1.82) is 0 Å². The molecule has 0 saturated carbocycles. The van der Waals surface area contributed by atoms with Gasteiger partial charge in [0.25, 0.3) is 0 Å². The van der Waals surface area contributed by atoms with Gasteiger partial charge in [0, 0.05) is 42.4 Å². The van der Waals surface area contributed by atoms with E-state index in [-0.39, 0.29) is 18.0 Å². The van der Waals surface area contributed by atoms with Gasteiger partial charge in [0.1, 0.15) is 0 Å². The zero-order chi connectivity index (χ0) is 17.1. The van der Waals surface area contributed by atoms with E-state index in [4.69, 9.17) is 5.11 Å². The Morgan fingerprint density at radius 2 is 1.92 bits per heavy atom. The summed E-state index contributed by atoms with van der Waals surface area (Å²) in [4.78, 5) is 27.4. The maximum Gasteiger partial charge on any atom is 0.317 e. The second-order valence-corrected chi connectivity index (χ2v) is 7.38. The lowest BCUT2D eigenvalue weighted by atomic mass is 9.97. The molecule has 0 aromatic heterocycles. The molecule has 7 heteroatoms. The largest absolute Gasteiger partial charge is 0.481 e. The van der Waals surface area contributed by atoms with Gasteiger partial charge in [-0.3, -0.25) is 4.79 Å². The van der Waals surface area contributed by atoms with Crippen LogP contribution < -0.4 is 10.2 Å². The number of piperidine rings is 1. The molecule has 130 valence electrons. The van der Waals surface area contributed by atoms with Gasteiger partial charge in [0.05, 0.1) is 5.92 Å². The van der Waals surface area contributed by atoms with Gasteiger partial charge in [-0.25, -0.2) is 4.79 Å². The minimum atomic E-state index is -0.754.